The third-order valence-corrected chi connectivity index (χ3v) is 4.25. The Bertz CT molecular complexity index is 259. The van der Waals surface area contributed by atoms with Gasteiger partial charge < -0.3 is 10.2 Å². The Balaban J connectivity index is 1.66. The maximum Gasteiger partial charge on any atom is 0.389 e. The molecule has 3 fully saturated rings. The minimum atomic E-state index is -4.00. The van der Waals surface area contributed by atoms with Crippen molar-refractivity contribution in [3.05, 3.63) is 0 Å². The number of piperidine rings is 3. The van der Waals surface area contributed by atoms with E-state index >= 15 is 0 Å². The lowest BCUT2D eigenvalue weighted by atomic mass is 9.83. The molecule has 2 nitrogen and oxygen atoms in total. The number of hydrogen-bond acceptors (Lipinski definition) is 2. The normalized spacial score (nSPS) is 33.7. The number of nitrogens with zero attached hydrogens (tertiary/aromatic N) is 1. The van der Waals surface area contributed by atoms with Crippen LogP contribution in [-0.4, -0.2) is 42.8 Å². The molecule has 1 N–H and O–H groups in total. The molecule has 2 atom stereocenters. The summed E-state index contributed by atoms with van der Waals surface area (Å²) in [5.41, 5.74) is 0. The van der Waals surface area contributed by atoms with Crippen molar-refractivity contribution < 1.29 is 13.2 Å². The van der Waals surface area contributed by atoms with Gasteiger partial charge in [0.1, 0.15) is 0 Å². The van der Waals surface area contributed by atoms with Crippen LogP contribution in [0.25, 0.3) is 0 Å². The van der Waals surface area contributed by atoms with Crippen LogP contribution in [0.2, 0.25) is 0 Å². The molecule has 3 rings (SSSR count). The molecule has 3 aliphatic rings. The summed E-state index contributed by atoms with van der Waals surface area (Å²) in [5, 5.41) is 3.53. The Morgan fingerprint density at radius 2 is 1.94 bits per heavy atom. The molecular formula is C13H23F3N2. The molecule has 0 aromatic rings. The second kappa shape index (κ2) is 5.78. The topological polar surface area (TPSA) is 15.3 Å². The van der Waals surface area contributed by atoms with Crippen molar-refractivity contribution in [3.63, 3.8) is 0 Å². The number of alkyl halides is 3. The molecule has 3 saturated heterocycles. The Labute approximate surface area is 107 Å². The van der Waals surface area contributed by atoms with Crippen molar-refractivity contribution >= 4 is 0 Å². The van der Waals surface area contributed by atoms with Crippen molar-refractivity contribution in [1.82, 2.24) is 10.2 Å². The van der Waals surface area contributed by atoms with Gasteiger partial charge in [-0.05, 0) is 51.6 Å². The molecule has 0 aromatic heterocycles. The van der Waals surface area contributed by atoms with Crippen LogP contribution in [0, 0.1) is 5.92 Å². The van der Waals surface area contributed by atoms with Crippen LogP contribution in [0.15, 0.2) is 0 Å². The summed E-state index contributed by atoms with van der Waals surface area (Å²) in [5.74, 6) is 0.736. The molecule has 2 unspecified atom stereocenters. The molecule has 106 valence electrons. The Kier molecular flexibility index (Phi) is 4.54. The molecule has 5 heteroatoms. The Morgan fingerprint density at radius 1 is 1.28 bits per heavy atom. The van der Waals surface area contributed by atoms with E-state index in [-0.39, 0.29) is 12.5 Å². The maximum absolute atomic E-state index is 12.1. The Morgan fingerprint density at radius 3 is 2.44 bits per heavy atom. The fraction of sp³-hybridized carbons (Fsp3) is 1.00. The highest BCUT2D eigenvalue weighted by Crippen LogP contribution is 2.28. The second-order valence-electron chi connectivity index (χ2n) is 5.82. The summed E-state index contributed by atoms with van der Waals surface area (Å²) in [6.45, 7) is 5.48. The molecular weight excluding hydrogens is 241 g/mol. The first-order valence-corrected chi connectivity index (χ1v) is 6.99. The van der Waals surface area contributed by atoms with Crippen molar-refractivity contribution in [3.8, 4) is 0 Å². The van der Waals surface area contributed by atoms with Gasteiger partial charge >= 0.3 is 6.18 Å². The van der Waals surface area contributed by atoms with Gasteiger partial charge in [0.2, 0.25) is 0 Å². The van der Waals surface area contributed by atoms with Crippen molar-refractivity contribution in [2.24, 2.45) is 5.92 Å². The van der Waals surface area contributed by atoms with Gasteiger partial charge in [-0.25, -0.2) is 0 Å². The number of rotatable bonds is 5. The van der Waals surface area contributed by atoms with Gasteiger partial charge in [0, 0.05) is 25.0 Å². The molecule has 0 saturated carbocycles. The van der Waals surface area contributed by atoms with Crippen molar-refractivity contribution in [2.75, 3.05) is 19.6 Å². The molecule has 0 spiro atoms. The third-order valence-electron chi connectivity index (χ3n) is 4.25. The van der Waals surface area contributed by atoms with Gasteiger partial charge in [0.15, 0.2) is 0 Å². The van der Waals surface area contributed by atoms with Crippen LogP contribution in [-0.2, 0) is 0 Å². The second-order valence-corrected chi connectivity index (χ2v) is 5.82. The lowest BCUT2D eigenvalue weighted by Gasteiger charge is -2.46. The fourth-order valence-electron chi connectivity index (χ4n) is 3.21. The van der Waals surface area contributed by atoms with Crippen LogP contribution in [0.5, 0.6) is 0 Å². The first-order valence-electron chi connectivity index (χ1n) is 6.99. The van der Waals surface area contributed by atoms with E-state index in [1.807, 2.05) is 6.92 Å². The molecule has 0 radical (unpaired) electrons. The van der Waals surface area contributed by atoms with Crippen LogP contribution in [0.3, 0.4) is 0 Å². The van der Waals surface area contributed by atoms with Gasteiger partial charge in [-0.3, -0.25) is 0 Å². The lowest BCUT2D eigenvalue weighted by Crippen LogP contribution is -2.57. The zero-order valence-corrected chi connectivity index (χ0v) is 11.0. The zero-order valence-electron chi connectivity index (χ0n) is 11.0. The summed E-state index contributed by atoms with van der Waals surface area (Å²) in [6.07, 6.45) is -1.32. The largest absolute Gasteiger partial charge is 0.389 e. The predicted octanol–water partition coefficient (Wildman–Crippen LogP) is 2.79. The fourth-order valence-corrected chi connectivity index (χ4v) is 3.21. The molecule has 2 bridgehead atoms. The first-order chi connectivity index (χ1) is 8.44. The summed E-state index contributed by atoms with van der Waals surface area (Å²) in [7, 11) is 0. The molecule has 0 aromatic carbocycles. The van der Waals surface area contributed by atoms with E-state index in [1.165, 1.54) is 25.9 Å². The first kappa shape index (κ1) is 14.1. The highest BCUT2D eigenvalue weighted by atomic mass is 19.4. The lowest BCUT2D eigenvalue weighted by molar-refractivity contribution is -0.135. The minimum absolute atomic E-state index is 0.193. The summed E-state index contributed by atoms with van der Waals surface area (Å²) < 4.78 is 36.2. The maximum atomic E-state index is 12.1. The average Bonchev–Trinajstić information content (AvgIpc) is 2.28. The van der Waals surface area contributed by atoms with Crippen LogP contribution < -0.4 is 5.32 Å². The number of hydrogen-bond donors (Lipinski definition) is 1. The highest BCUT2D eigenvalue weighted by Gasteiger charge is 2.34. The molecule has 0 aliphatic carbocycles. The number of nitrogens with one attached hydrogen (secondary N) is 1. The van der Waals surface area contributed by atoms with E-state index in [4.69, 9.17) is 0 Å². The van der Waals surface area contributed by atoms with Crippen LogP contribution in [0.1, 0.15) is 39.0 Å². The Hall–Kier alpha value is -0.290. The quantitative estimate of drug-likeness (QED) is 0.821. The average molecular weight is 264 g/mol. The molecule has 3 aliphatic heterocycles. The van der Waals surface area contributed by atoms with Gasteiger partial charge in [0.25, 0.3) is 0 Å². The highest BCUT2D eigenvalue weighted by molar-refractivity contribution is 4.91. The van der Waals surface area contributed by atoms with Gasteiger partial charge in [-0.15, -0.1) is 0 Å². The summed E-state index contributed by atoms with van der Waals surface area (Å²) in [6, 6.07) is 0.686. The minimum Gasteiger partial charge on any atom is -0.310 e. The van der Waals surface area contributed by atoms with E-state index in [0.717, 1.165) is 12.5 Å². The van der Waals surface area contributed by atoms with Gasteiger partial charge in [0.05, 0.1) is 0 Å². The van der Waals surface area contributed by atoms with E-state index in [1.54, 1.807) is 0 Å². The predicted molar refractivity (Wildman–Crippen MR) is 65.5 cm³/mol. The van der Waals surface area contributed by atoms with Gasteiger partial charge in [-0.2, -0.15) is 13.2 Å². The SMILES string of the molecule is CC(CCCC(F)(F)F)NC1CN2CCC1CC2. The molecule has 0 amide bonds. The van der Waals surface area contributed by atoms with E-state index in [9.17, 15) is 13.2 Å². The van der Waals surface area contributed by atoms with Crippen LogP contribution >= 0.6 is 0 Å². The standard InChI is InChI=1S/C13H23F3N2/c1-10(3-2-6-13(14,15)16)17-12-9-18-7-4-11(12)5-8-18/h10-12,17H,2-9H2,1H3. The monoisotopic (exact) mass is 264 g/mol. The van der Waals surface area contributed by atoms with E-state index < -0.39 is 12.6 Å². The summed E-state index contributed by atoms with van der Waals surface area (Å²) >= 11 is 0. The van der Waals surface area contributed by atoms with E-state index in [0.29, 0.717) is 12.5 Å². The van der Waals surface area contributed by atoms with Crippen molar-refractivity contribution in [1.29, 1.82) is 0 Å². The smallest absolute Gasteiger partial charge is 0.310 e. The van der Waals surface area contributed by atoms with Crippen LogP contribution in [0.4, 0.5) is 13.2 Å². The summed E-state index contributed by atoms with van der Waals surface area (Å²) in [4.78, 5) is 2.46. The molecule has 18 heavy (non-hydrogen) atoms. The van der Waals surface area contributed by atoms with Gasteiger partial charge in [-0.1, -0.05) is 0 Å². The third kappa shape index (κ3) is 4.12. The number of fused-ring (bicyclic) bond motifs is 3. The number of halogens is 3. The van der Waals surface area contributed by atoms with E-state index in [2.05, 4.69) is 10.2 Å². The van der Waals surface area contributed by atoms with Crippen molar-refractivity contribution in [2.45, 2.75) is 57.3 Å². The molecule has 3 heterocycles. The zero-order chi connectivity index (χ0) is 13.2.